The van der Waals surface area contributed by atoms with Gasteiger partial charge in [0.15, 0.2) is 0 Å². The molecule has 0 saturated heterocycles. The maximum atomic E-state index is 13.2. The number of halogens is 2. The largest absolute Gasteiger partial charge is 0.324 e. The van der Waals surface area contributed by atoms with Crippen LogP contribution in [-0.4, -0.2) is 0 Å². The van der Waals surface area contributed by atoms with E-state index in [-0.39, 0.29) is 11.9 Å². The van der Waals surface area contributed by atoms with Crippen LogP contribution < -0.4 is 5.73 Å². The molecule has 0 radical (unpaired) electrons. The molecule has 0 aliphatic carbocycles. The van der Waals surface area contributed by atoms with E-state index in [0.717, 1.165) is 18.4 Å². The van der Waals surface area contributed by atoms with E-state index in [1.54, 1.807) is 6.07 Å². The van der Waals surface area contributed by atoms with Crippen LogP contribution in [0.2, 0.25) is 0 Å². The third-order valence-electron chi connectivity index (χ3n) is 2.21. The fourth-order valence-corrected chi connectivity index (χ4v) is 1.58. The first-order valence-electron chi connectivity index (χ1n) is 4.79. The Kier molecular flexibility index (Phi) is 4.80. The van der Waals surface area contributed by atoms with Gasteiger partial charge in [0, 0.05) is 12.5 Å². The highest BCUT2D eigenvalue weighted by Gasteiger charge is 2.07. The van der Waals surface area contributed by atoms with Gasteiger partial charge in [-0.1, -0.05) is 6.07 Å². The van der Waals surface area contributed by atoms with Crippen LogP contribution in [0.15, 0.2) is 22.7 Å². The van der Waals surface area contributed by atoms with Crippen molar-refractivity contribution in [2.45, 2.75) is 25.3 Å². The minimum absolute atomic E-state index is 0.138. The van der Waals surface area contributed by atoms with E-state index in [2.05, 4.69) is 21.9 Å². The van der Waals surface area contributed by atoms with Crippen LogP contribution in [0.4, 0.5) is 4.39 Å². The van der Waals surface area contributed by atoms with Crippen LogP contribution in [0.25, 0.3) is 0 Å². The van der Waals surface area contributed by atoms with Crippen LogP contribution in [-0.2, 0) is 0 Å². The second-order valence-electron chi connectivity index (χ2n) is 3.38. The summed E-state index contributed by atoms with van der Waals surface area (Å²) in [6, 6.07) is 4.82. The average molecular weight is 270 g/mol. The zero-order valence-corrected chi connectivity index (χ0v) is 9.93. The summed E-state index contributed by atoms with van der Waals surface area (Å²) in [6.45, 7) is 0. The molecule has 0 spiro atoms. The van der Waals surface area contributed by atoms with Crippen molar-refractivity contribution in [3.8, 4) is 12.3 Å². The molecule has 0 aromatic heterocycles. The lowest BCUT2D eigenvalue weighted by Crippen LogP contribution is -2.10. The molecule has 1 atom stereocenters. The number of nitrogens with two attached hydrogens (primary N) is 1. The highest BCUT2D eigenvalue weighted by atomic mass is 79.9. The lowest BCUT2D eigenvalue weighted by Gasteiger charge is -2.11. The Labute approximate surface area is 98.0 Å². The molecule has 0 aliphatic rings. The van der Waals surface area contributed by atoms with E-state index >= 15 is 0 Å². The summed E-state index contributed by atoms with van der Waals surface area (Å²) < 4.78 is 13.7. The van der Waals surface area contributed by atoms with Gasteiger partial charge < -0.3 is 5.73 Å². The first-order chi connectivity index (χ1) is 7.15. The summed E-state index contributed by atoms with van der Waals surface area (Å²) >= 11 is 3.10. The topological polar surface area (TPSA) is 26.0 Å². The van der Waals surface area contributed by atoms with Crippen molar-refractivity contribution in [3.05, 3.63) is 34.1 Å². The number of hydrogen-bond acceptors (Lipinski definition) is 1. The molecule has 1 aromatic carbocycles. The molecule has 80 valence electrons. The number of hydrogen-bond donors (Lipinski definition) is 1. The van der Waals surface area contributed by atoms with Crippen LogP contribution in [0.5, 0.6) is 0 Å². The molecule has 0 aliphatic heterocycles. The number of unbranched alkanes of at least 4 members (excludes halogenated alkanes) is 1. The van der Waals surface area contributed by atoms with Gasteiger partial charge in [0.25, 0.3) is 0 Å². The van der Waals surface area contributed by atoms with Gasteiger partial charge in [-0.3, -0.25) is 0 Å². The second-order valence-corrected chi connectivity index (χ2v) is 4.23. The van der Waals surface area contributed by atoms with Crippen LogP contribution in [0.3, 0.4) is 0 Å². The molecular weight excluding hydrogens is 257 g/mol. The average Bonchev–Trinajstić information content (AvgIpc) is 2.22. The summed E-state index contributed by atoms with van der Waals surface area (Å²) in [5.74, 6) is 2.28. The SMILES string of the molecule is C#CCCCC(N)c1ccc(Br)c(F)c1. The molecule has 1 rings (SSSR count). The van der Waals surface area contributed by atoms with Crippen molar-refractivity contribution >= 4 is 15.9 Å². The molecule has 2 N–H and O–H groups in total. The van der Waals surface area contributed by atoms with Crippen LogP contribution >= 0.6 is 15.9 Å². The third kappa shape index (κ3) is 3.65. The molecule has 0 heterocycles. The van der Waals surface area contributed by atoms with Crippen molar-refractivity contribution in [2.75, 3.05) is 0 Å². The van der Waals surface area contributed by atoms with Gasteiger partial charge in [-0.15, -0.1) is 12.3 Å². The van der Waals surface area contributed by atoms with E-state index in [4.69, 9.17) is 12.2 Å². The summed E-state index contributed by atoms with van der Waals surface area (Å²) in [4.78, 5) is 0. The van der Waals surface area contributed by atoms with Crippen molar-refractivity contribution in [1.82, 2.24) is 0 Å². The van der Waals surface area contributed by atoms with Crippen molar-refractivity contribution in [3.63, 3.8) is 0 Å². The molecule has 15 heavy (non-hydrogen) atoms. The number of terminal acetylenes is 1. The molecular formula is C12H13BrFN. The normalized spacial score (nSPS) is 12.1. The second kappa shape index (κ2) is 5.89. The number of benzene rings is 1. The van der Waals surface area contributed by atoms with E-state index in [0.29, 0.717) is 10.9 Å². The maximum absolute atomic E-state index is 13.2. The van der Waals surface area contributed by atoms with Crippen LogP contribution in [0, 0.1) is 18.2 Å². The Morgan fingerprint density at radius 1 is 1.53 bits per heavy atom. The lowest BCUT2D eigenvalue weighted by molar-refractivity contribution is 0.594. The number of rotatable bonds is 4. The minimum atomic E-state index is -0.278. The van der Waals surface area contributed by atoms with Gasteiger partial charge >= 0.3 is 0 Å². The van der Waals surface area contributed by atoms with Crippen LogP contribution in [0.1, 0.15) is 30.9 Å². The predicted molar refractivity (Wildman–Crippen MR) is 63.7 cm³/mol. The molecule has 0 saturated carbocycles. The fourth-order valence-electron chi connectivity index (χ4n) is 1.33. The van der Waals surface area contributed by atoms with Gasteiger partial charge in [-0.25, -0.2) is 4.39 Å². The Hall–Kier alpha value is -0.850. The fraction of sp³-hybridized carbons (Fsp3) is 0.333. The van der Waals surface area contributed by atoms with E-state index in [1.807, 2.05) is 6.07 Å². The van der Waals surface area contributed by atoms with Gasteiger partial charge in [-0.2, -0.15) is 0 Å². The van der Waals surface area contributed by atoms with Crippen molar-refractivity contribution in [1.29, 1.82) is 0 Å². The predicted octanol–water partition coefficient (Wildman–Crippen LogP) is 3.39. The highest BCUT2D eigenvalue weighted by Crippen LogP contribution is 2.22. The molecule has 3 heteroatoms. The maximum Gasteiger partial charge on any atom is 0.137 e. The monoisotopic (exact) mass is 269 g/mol. The molecule has 0 amide bonds. The standard InChI is InChI=1S/C12H13BrFN/c1-2-3-4-5-12(15)9-6-7-10(13)11(14)8-9/h1,6-8,12H,3-5,15H2. The zero-order chi connectivity index (χ0) is 11.3. The van der Waals surface area contributed by atoms with E-state index < -0.39 is 0 Å². The smallest absolute Gasteiger partial charge is 0.137 e. The highest BCUT2D eigenvalue weighted by molar-refractivity contribution is 9.10. The minimum Gasteiger partial charge on any atom is -0.324 e. The molecule has 0 fully saturated rings. The summed E-state index contributed by atoms with van der Waals surface area (Å²) in [5.41, 5.74) is 6.72. The van der Waals surface area contributed by atoms with E-state index in [9.17, 15) is 4.39 Å². The summed E-state index contributed by atoms with van der Waals surface area (Å²) in [6.07, 6.45) is 7.51. The molecule has 1 unspecified atom stereocenters. The zero-order valence-electron chi connectivity index (χ0n) is 8.34. The molecule has 1 aromatic rings. The van der Waals surface area contributed by atoms with Gasteiger partial charge in [0.2, 0.25) is 0 Å². The van der Waals surface area contributed by atoms with Gasteiger partial charge in [-0.05, 0) is 46.5 Å². The quantitative estimate of drug-likeness (QED) is 0.658. The first kappa shape index (κ1) is 12.2. The Morgan fingerprint density at radius 3 is 2.87 bits per heavy atom. The van der Waals surface area contributed by atoms with E-state index in [1.165, 1.54) is 6.07 Å². The molecule has 1 nitrogen and oxygen atoms in total. The van der Waals surface area contributed by atoms with Gasteiger partial charge in [0.05, 0.1) is 4.47 Å². The first-order valence-corrected chi connectivity index (χ1v) is 5.58. The van der Waals surface area contributed by atoms with Crippen molar-refractivity contribution < 1.29 is 4.39 Å². The summed E-state index contributed by atoms with van der Waals surface area (Å²) in [5, 5.41) is 0. The molecule has 0 bridgehead atoms. The lowest BCUT2D eigenvalue weighted by atomic mass is 10.0. The Bertz CT molecular complexity index is 370. The Morgan fingerprint density at radius 2 is 2.27 bits per heavy atom. The summed E-state index contributed by atoms with van der Waals surface area (Å²) in [7, 11) is 0. The Balaban J connectivity index is 2.62. The van der Waals surface area contributed by atoms with Gasteiger partial charge in [0.1, 0.15) is 5.82 Å². The van der Waals surface area contributed by atoms with Crippen molar-refractivity contribution in [2.24, 2.45) is 5.73 Å². The third-order valence-corrected chi connectivity index (χ3v) is 2.85.